The maximum Gasteiger partial charge on any atom is 0.122 e. The average molecular weight is 295 g/mol. The number of benzene rings is 1. The second-order valence-electron chi connectivity index (χ2n) is 5.18. The van der Waals surface area contributed by atoms with Crippen LogP contribution in [0, 0.1) is 0 Å². The van der Waals surface area contributed by atoms with Crippen molar-refractivity contribution >= 4 is 0 Å². The topological polar surface area (TPSA) is 50.7 Å². The van der Waals surface area contributed by atoms with Crippen molar-refractivity contribution in [1.29, 1.82) is 0 Å². The van der Waals surface area contributed by atoms with Gasteiger partial charge in [-0.05, 0) is 44.9 Å². The van der Waals surface area contributed by atoms with Gasteiger partial charge in [-0.1, -0.05) is 19.9 Å². The van der Waals surface area contributed by atoms with Crippen LogP contribution in [0.5, 0.6) is 11.5 Å². The Kier molecular flexibility index (Phi) is 8.16. The summed E-state index contributed by atoms with van der Waals surface area (Å²) in [5.74, 6) is 1.66. The van der Waals surface area contributed by atoms with E-state index in [1.54, 1.807) is 0 Å². The van der Waals surface area contributed by atoms with Gasteiger partial charge in [-0.25, -0.2) is 0 Å². The van der Waals surface area contributed by atoms with Gasteiger partial charge in [0.25, 0.3) is 0 Å². The fourth-order valence-corrected chi connectivity index (χ4v) is 2.43. The molecular formula is C17H29NO3. The molecule has 0 radical (unpaired) electrons. The van der Waals surface area contributed by atoms with Gasteiger partial charge in [-0.15, -0.1) is 0 Å². The molecule has 0 aliphatic heterocycles. The Morgan fingerprint density at radius 3 is 2.43 bits per heavy atom. The van der Waals surface area contributed by atoms with Crippen LogP contribution in [0.1, 0.15) is 40.0 Å². The third kappa shape index (κ3) is 5.94. The van der Waals surface area contributed by atoms with E-state index in [-0.39, 0.29) is 12.1 Å². The highest BCUT2D eigenvalue weighted by Gasteiger charge is 2.25. The summed E-state index contributed by atoms with van der Waals surface area (Å²) in [7, 11) is 0. The zero-order valence-corrected chi connectivity index (χ0v) is 13.5. The van der Waals surface area contributed by atoms with Gasteiger partial charge >= 0.3 is 0 Å². The van der Waals surface area contributed by atoms with Crippen LogP contribution in [0.4, 0.5) is 0 Å². The number of aliphatic hydroxyl groups excluding tert-OH is 1. The molecule has 0 saturated heterocycles. The van der Waals surface area contributed by atoms with Crippen molar-refractivity contribution < 1.29 is 14.6 Å². The largest absolute Gasteiger partial charge is 0.494 e. The molecule has 0 spiro atoms. The standard InChI is InChI=1S/C17H29NO3/c1-4-17(14-19,18-5-2)11-8-12-21-16-10-7-9-15(13-16)20-6-3/h7,9-10,13,18-19H,4-6,8,11-12,14H2,1-3H3. The van der Waals surface area contributed by atoms with E-state index in [2.05, 4.69) is 19.2 Å². The number of aliphatic hydroxyl groups is 1. The van der Waals surface area contributed by atoms with Crippen molar-refractivity contribution in [3.8, 4) is 11.5 Å². The van der Waals surface area contributed by atoms with E-state index in [0.717, 1.165) is 37.3 Å². The number of nitrogens with one attached hydrogen (secondary N) is 1. The lowest BCUT2D eigenvalue weighted by molar-refractivity contribution is 0.139. The van der Waals surface area contributed by atoms with Crippen LogP contribution in [-0.4, -0.2) is 37.0 Å². The van der Waals surface area contributed by atoms with Crippen LogP contribution >= 0.6 is 0 Å². The number of hydrogen-bond acceptors (Lipinski definition) is 4. The van der Waals surface area contributed by atoms with Crippen molar-refractivity contribution in [2.24, 2.45) is 0 Å². The molecule has 0 fully saturated rings. The minimum absolute atomic E-state index is 0.164. The first-order valence-electron chi connectivity index (χ1n) is 7.91. The van der Waals surface area contributed by atoms with Crippen LogP contribution in [0.3, 0.4) is 0 Å². The van der Waals surface area contributed by atoms with Gasteiger partial charge in [-0.2, -0.15) is 0 Å². The zero-order chi connectivity index (χ0) is 15.6. The summed E-state index contributed by atoms with van der Waals surface area (Å²) in [6, 6.07) is 7.71. The highest BCUT2D eigenvalue weighted by atomic mass is 16.5. The molecule has 4 heteroatoms. The molecule has 0 aromatic heterocycles. The maximum absolute atomic E-state index is 9.60. The molecule has 21 heavy (non-hydrogen) atoms. The first-order valence-corrected chi connectivity index (χ1v) is 7.91. The number of hydrogen-bond donors (Lipinski definition) is 2. The minimum Gasteiger partial charge on any atom is -0.494 e. The number of likely N-dealkylation sites (N-methyl/N-ethyl adjacent to an activating group) is 1. The zero-order valence-electron chi connectivity index (χ0n) is 13.5. The normalized spacial score (nSPS) is 13.7. The van der Waals surface area contributed by atoms with E-state index in [0.29, 0.717) is 13.2 Å². The van der Waals surface area contributed by atoms with Gasteiger partial charge in [0.1, 0.15) is 11.5 Å². The number of ether oxygens (including phenoxy) is 2. The minimum atomic E-state index is -0.175. The third-order valence-electron chi connectivity index (χ3n) is 3.72. The van der Waals surface area contributed by atoms with E-state index in [9.17, 15) is 5.11 Å². The molecule has 1 aromatic carbocycles. The Morgan fingerprint density at radius 1 is 1.14 bits per heavy atom. The monoisotopic (exact) mass is 295 g/mol. The summed E-state index contributed by atoms with van der Waals surface area (Å²) in [4.78, 5) is 0. The summed E-state index contributed by atoms with van der Waals surface area (Å²) < 4.78 is 11.2. The molecular weight excluding hydrogens is 266 g/mol. The highest BCUT2D eigenvalue weighted by Crippen LogP contribution is 2.21. The van der Waals surface area contributed by atoms with Crippen molar-refractivity contribution in [2.75, 3.05) is 26.4 Å². The lowest BCUT2D eigenvalue weighted by Gasteiger charge is -2.31. The molecule has 0 saturated carbocycles. The van der Waals surface area contributed by atoms with Crippen LogP contribution in [0.25, 0.3) is 0 Å². The van der Waals surface area contributed by atoms with Gasteiger partial charge in [0.15, 0.2) is 0 Å². The van der Waals surface area contributed by atoms with E-state index < -0.39 is 0 Å². The van der Waals surface area contributed by atoms with Gasteiger partial charge in [-0.3, -0.25) is 0 Å². The van der Waals surface area contributed by atoms with E-state index >= 15 is 0 Å². The van der Waals surface area contributed by atoms with Gasteiger partial charge in [0.05, 0.1) is 19.8 Å². The van der Waals surface area contributed by atoms with Crippen LogP contribution < -0.4 is 14.8 Å². The average Bonchev–Trinajstić information content (AvgIpc) is 2.51. The molecule has 2 N–H and O–H groups in total. The molecule has 120 valence electrons. The summed E-state index contributed by atoms with van der Waals surface area (Å²) in [5.41, 5.74) is -0.175. The van der Waals surface area contributed by atoms with Crippen molar-refractivity contribution in [3.63, 3.8) is 0 Å². The quantitative estimate of drug-likeness (QED) is 0.616. The first-order chi connectivity index (χ1) is 10.2. The lowest BCUT2D eigenvalue weighted by atomic mass is 9.91. The van der Waals surface area contributed by atoms with E-state index in [4.69, 9.17) is 9.47 Å². The van der Waals surface area contributed by atoms with E-state index in [1.165, 1.54) is 0 Å². The van der Waals surface area contributed by atoms with Gasteiger partial charge in [0, 0.05) is 11.6 Å². The third-order valence-corrected chi connectivity index (χ3v) is 3.72. The molecule has 0 amide bonds. The molecule has 0 bridgehead atoms. The van der Waals surface area contributed by atoms with Crippen LogP contribution in [-0.2, 0) is 0 Å². The van der Waals surface area contributed by atoms with Crippen molar-refractivity contribution in [1.82, 2.24) is 5.32 Å². The summed E-state index contributed by atoms with van der Waals surface area (Å²) in [6.07, 6.45) is 2.72. The van der Waals surface area contributed by atoms with E-state index in [1.807, 2.05) is 31.2 Å². The molecule has 1 aromatic rings. The lowest BCUT2D eigenvalue weighted by Crippen LogP contribution is -2.48. The molecule has 0 aliphatic carbocycles. The Labute approximate surface area is 128 Å². The second-order valence-corrected chi connectivity index (χ2v) is 5.18. The molecule has 0 heterocycles. The Balaban J connectivity index is 2.40. The van der Waals surface area contributed by atoms with Gasteiger partial charge in [0.2, 0.25) is 0 Å². The fourth-order valence-electron chi connectivity index (χ4n) is 2.43. The SMILES string of the molecule is CCNC(CC)(CO)CCCOc1cccc(OCC)c1. The second kappa shape index (κ2) is 9.64. The number of rotatable bonds is 11. The molecule has 0 aliphatic rings. The smallest absolute Gasteiger partial charge is 0.122 e. The summed E-state index contributed by atoms with van der Waals surface area (Å²) in [5, 5.41) is 13.0. The molecule has 4 nitrogen and oxygen atoms in total. The Hall–Kier alpha value is -1.26. The van der Waals surface area contributed by atoms with Gasteiger partial charge < -0.3 is 19.9 Å². The molecule has 1 rings (SSSR count). The van der Waals surface area contributed by atoms with Crippen molar-refractivity contribution in [3.05, 3.63) is 24.3 Å². The van der Waals surface area contributed by atoms with Crippen LogP contribution in [0.2, 0.25) is 0 Å². The molecule has 1 atom stereocenters. The summed E-state index contributed by atoms with van der Waals surface area (Å²) in [6.45, 7) is 8.46. The molecule has 1 unspecified atom stereocenters. The summed E-state index contributed by atoms with van der Waals surface area (Å²) >= 11 is 0. The van der Waals surface area contributed by atoms with Crippen molar-refractivity contribution in [2.45, 2.75) is 45.6 Å². The highest BCUT2D eigenvalue weighted by molar-refractivity contribution is 5.32. The predicted molar refractivity (Wildman–Crippen MR) is 86.1 cm³/mol. The maximum atomic E-state index is 9.60. The Morgan fingerprint density at radius 2 is 1.86 bits per heavy atom. The van der Waals surface area contributed by atoms with Crippen LogP contribution in [0.15, 0.2) is 24.3 Å². The fraction of sp³-hybridized carbons (Fsp3) is 0.647. The Bertz CT molecular complexity index is 391. The first kappa shape index (κ1) is 17.8. The predicted octanol–water partition coefficient (Wildman–Crippen LogP) is 2.99.